The number of methoxy groups -OCH3 is 1. The number of hydrogen-bond donors (Lipinski definition) is 0. The largest absolute Gasteiger partial charge is 0.497 e. The third-order valence-corrected chi connectivity index (χ3v) is 5.98. The molecule has 0 bridgehead atoms. The van der Waals surface area contributed by atoms with E-state index < -0.39 is 10.0 Å². The van der Waals surface area contributed by atoms with Gasteiger partial charge in [-0.2, -0.15) is 24.2 Å². The Hall–Kier alpha value is -2.44. The quantitative estimate of drug-likeness (QED) is 0.561. The van der Waals surface area contributed by atoms with Crippen molar-refractivity contribution >= 4 is 27.6 Å². The Morgan fingerprint density at radius 2 is 1.81 bits per heavy atom. The highest BCUT2D eigenvalue weighted by molar-refractivity contribution is 7.90. The van der Waals surface area contributed by atoms with Crippen LogP contribution < -0.4 is 4.74 Å². The van der Waals surface area contributed by atoms with Crippen LogP contribution in [0.15, 0.2) is 80.7 Å². The SMILES string of the molecule is COc1ccc(S(=O)(=O)N=CC(Cc2ccccc2)c2ccsc2)cc1. The molecule has 0 radical (unpaired) electrons. The van der Waals surface area contributed by atoms with Crippen LogP contribution in [-0.2, 0) is 16.4 Å². The van der Waals surface area contributed by atoms with Gasteiger partial charge in [0, 0.05) is 12.1 Å². The molecule has 0 aliphatic carbocycles. The number of hydrogen-bond acceptors (Lipinski definition) is 4. The maximum Gasteiger partial charge on any atom is 0.281 e. The van der Waals surface area contributed by atoms with E-state index in [1.165, 1.54) is 25.5 Å². The van der Waals surface area contributed by atoms with Gasteiger partial charge in [0.2, 0.25) is 0 Å². The van der Waals surface area contributed by atoms with Crippen LogP contribution >= 0.6 is 11.3 Å². The minimum Gasteiger partial charge on any atom is -0.497 e. The monoisotopic (exact) mass is 385 g/mol. The van der Waals surface area contributed by atoms with Crippen LogP contribution in [0, 0.1) is 0 Å². The predicted octanol–water partition coefficient (Wildman–Crippen LogP) is 4.54. The van der Waals surface area contributed by atoms with Gasteiger partial charge >= 0.3 is 0 Å². The van der Waals surface area contributed by atoms with Gasteiger partial charge in [-0.3, -0.25) is 0 Å². The summed E-state index contributed by atoms with van der Waals surface area (Å²) in [5.41, 5.74) is 2.20. The molecule has 1 aromatic heterocycles. The van der Waals surface area contributed by atoms with Gasteiger partial charge in [-0.1, -0.05) is 30.3 Å². The number of sulfonamides is 1. The van der Waals surface area contributed by atoms with E-state index in [0.717, 1.165) is 11.1 Å². The third kappa shape index (κ3) is 4.59. The van der Waals surface area contributed by atoms with Crippen molar-refractivity contribution in [2.24, 2.45) is 4.40 Å². The molecule has 26 heavy (non-hydrogen) atoms. The molecule has 0 saturated carbocycles. The first-order valence-electron chi connectivity index (χ1n) is 8.09. The average Bonchev–Trinajstić information content (AvgIpc) is 3.20. The van der Waals surface area contributed by atoms with E-state index in [9.17, 15) is 8.42 Å². The molecule has 2 aromatic carbocycles. The van der Waals surface area contributed by atoms with Crippen LogP contribution in [0.1, 0.15) is 17.0 Å². The molecule has 1 unspecified atom stereocenters. The molecule has 0 aliphatic rings. The predicted molar refractivity (Wildman–Crippen MR) is 106 cm³/mol. The van der Waals surface area contributed by atoms with E-state index in [1.807, 2.05) is 47.2 Å². The van der Waals surface area contributed by atoms with Crippen molar-refractivity contribution in [1.82, 2.24) is 0 Å². The fourth-order valence-corrected chi connectivity index (χ4v) is 4.21. The average molecular weight is 386 g/mol. The van der Waals surface area contributed by atoms with Gasteiger partial charge in [0.1, 0.15) is 5.75 Å². The van der Waals surface area contributed by atoms with Crippen molar-refractivity contribution in [3.8, 4) is 5.75 Å². The smallest absolute Gasteiger partial charge is 0.281 e. The molecule has 0 N–H and O–H groups in total. The number of ether oxygens (including phenoxy) is 1. The number of nitrogens with zero attached hydrogens (tertiary/aromatic N) is 1. The lowest BCUT2D eigenvalue weighted by Crippen LogP contribution is -2.06. The second-order valence-corrected chi connectivity index (χ2v) is 8.17. The first-order chi connectivity index (χ1) is 12.6. The summed E-state index contributed by atoms with van der Waals surface area (Å²) in [6.07, 6.45) is 2.23. The van der Waals surface area contributed by atoms with Crippen LogP contribution in [0.5, 0.6) is 5.75 Å². The van der Waals surface area contributed by atoms with Crippen molar-refractivity contribution in [1.29, 1.82) is 0 Å². The molecule has 0 aliphatic heterocycles. The lowest BCUT2D eigenvalue weighted by atomic mass is 9.95. The summed E-state index contributed by atoms with van der Waals surface area (Å²) in [7, 11) is -2.21. The Morgan fingerprint density at radius 3 is 2.42 bits per heavy atom. The zero-order valence-electron chi connectivity index (χ0n) is 14.3. The van der Waals surface area contributed by atoms with Crippen molar-refractivity contribution < 1.29 is 13.2 Å². The minimum atomic E-state index is -3.75. The Morgan fingerprint density at radius 1 is 1.08 bits per heavy atom. The summed E-state index contributed by atoms with van der Waals surface area (Å²) in [5.74, 6) is 0.504. The summed E-state index contributed by atoms with van der Waals surface area (Å²) >= 11 is 1.59. The molecule has 0 amide bonds. The van der Waals surface area contributed by atoms with Gasteiger partial charge in [0.05, 0.1) is 12.0 Å². The highest BCUT2D eigenvalue weighted by atomic mass is 32.2. The molecular formula is C20H19NO3S2. The topological polar surface area (TPSA) is 55.7 Å². The lowest BCUT2D eigenvalue weighted by molar-refractivity contribution is 0.414. The molecule has 1 atom stereocenters. The van der Waals surface area contributed by atoms with Gasteiger partial charge in [-0.05, 0) is 58.6 Å². The molecule has 3 aromatic rings. The standard InChI is InChI=1S/C20H19NO3S2/c1-24-19-7-9-20(10-8-19)26(22,23)21-14-18(17-11-12-25-15-17)13-16-5-3-2-4-6-16/h2-12,14-15,18H,13H2,1H3. The first-order valence-corrected chi connectivity index (χ1v) is 10.5. The normalized spacial score (nSPS) is 13.0. The number of thiophene rings is 1. The molecule has 1 heterocycles. The van der Waals surface area contributed by atoms with Gasteiger partial charge in [-0.25, -0.2) is 0 Å². The van der Waals surface area contributed by atoms with Crippen LogP contribution in [0.2, 0.25) is 0 Å². The lowest BCUT2D eigenvalue weighted by Gasteiger charge is -2.11. The molecule has 0 saturated heterocycles. The summed E-state index contributed by atoms with van der Waals surface area (Å²) in [6, 6.07) is 18.2. The summed E-state index contributed by atoms with van der Waals surface area (Å²) in [4.78, 5) is 0.151. The first kappa shape index (κ1) is 18.4. The van der Waals surface area contributed by atoms with Gasteiger partial charge in [-0.15, -0.1) is 0 Å². The van der Waals surface area contributed by atoms with Crippen molar-refractivity contribution in [3.63, 3.8) is 0 Å². The maximum atomic E-state index is 12.5. The van der Waals surface area contributed by atoms with E-state index in [2.05, 4.69) is 4.40 Å². The van der Waals surface area contributed by atoms with Crippen molar-refractivity contribution in [3.05, 3.63) is 82.6 Å². The van der Waals surface area contributed by atoms with E-state index in [-0.39, 0.29) is 10.8 Å². The second kappa shape index (κ2) is 8.29. The van der Waals surface area contributed by atoms with Gasteiger partial charge in [0.25, 0.3) is 10.0 Å². The molecule has 4 nitrogen and oxygen atoms in total. The minimum absolute atomic E-state index is 0.100. The Bertz CT molecular complexity index is 948. The maximum absolute atomic E-state index is 12.5. The Kier molecular flexibility index (Phi) is 5.85. The molecular weight excluding hydrogens is 366 g/mol. The van der Waals surface area contributed by atoms with Gasteiger partial charge in [0.15, 0.2) is 0 Å². The summed E-state index contributed by atoms with van der Waals surface area (Å²) < 4.78 is 34.1. The third-order valence-electron chi connectivity index (χ3n) is 4.01. The van der Waals surface area contributed by atoms with Crippen LogP contribution in [0.4, 0.5) is 0 Å². The Labute approximate surface area is 157 Å². The fraction of sp³-hybridized carbons (Fsp3) is 0.150. The van der Waals surface area contributed by atoms with Crippen molar-refractivity contribution in [2.45, 2.75) is 17.2 Å². The zero-order valence-corrected chi connectivity index (χ0v) is 15.9. The molecule has 0 spiro atoms. The van der Waals surface area contributed by atoms with E-state index in [4.69, 9.17) is 4.74 Å². The van der Waals surface area contributed by atoms with E-state index in [1.54, 1.807) is 23.5 Å². The number of rotatable bonds is 7. The van der Waals surface area contributed by atoms with Crippen LogP contribution in [0.25, 0.3) is 0 Å². The van der Waals surface area contributed by atoms with E-state index in [0.29, 0.717) is 12.2 Å². The second-order valence-electron chi connectivity index (χ2n) is 5.76. The van der Waals surface area contributed by atoms with Crippen molar-refractivity contribution in [2.75, 3.05) is 7.11 Å². The summed E-state index contributed by atoms with van der Waals surface area (Å²) in [5, 5.41) is 4.01. The Balaban J connectivity index is 1.85. The zero-order chi connectivity index (χ0) is 18.4. The summed E-state index contributed by atoms with van der Waals surface area (Å²) in [6.45, 7) is 0. The molecule has 0 fully saturated rings. The molecule has 134 valence electrons. The van der Waals surface area contributed by atoms with Crippen LogP contribution in [-0.4, -0.2) is 21.7 Å². The highest BCUT2D eigenvalue weighted by Gasteiger charge is 2.15. The van der Waals surface area contributed by atoms with E-state index >= 15 is 0 Å². The molecule has 6 heteroatoms. The molecule has 3 rings (SSSR count). The van der Waals surface area contributed by atoms with Gasteiger partial charge < -0.3 is 4.74 Å². The fourth-order valence-electron chi connectivity index (χ4n) is 2.57. The van der Waals surface area contributed by atoms with Crippen LogP contribution in [0.3, 0.4) is 0 Å². The number of benzene rings is 2. The highest BCUT2D eigenvalue weighted by Crippen LogP contribution is 2.23.